The van der Waals surface area contributed by atoms with Gasteiger partial charge >= 0.3 is 5.97 Å². The highest BCUT2D eigenvalue weighted by Crippen LogP contribution is 2.40. The molecule has 0 aromatic carbocycles. The average molecular weight is 304 g/mol. The molecule has 0 saturated carbocycles. The molecule has 2 nitrogen and oxygen atoms in total. The molecule has 0 heterocycles. The van der Waals surface area contributed by atoms with E-state index in [1.165, 1.54) is 30.9 Å². The Morgan fingerprint density at radius 3 is 2.59 bits per heavy atom. The summed E-state index contributed by atoms with van der Waals surface area (Å²) in [6, 6.07) is -0.0562. The van der Waals surface area contributed by atoms with Crippen molar-refractivity contribution < 1.29 is 12.6 Å². The minimum absolute atomic E-state index is 0.0146. The van der Waals surface area contributed by atoms with Gasteiger partial charge in [-0.1, -0.05) is 55.3 Å². The van der Waals surface area contributed by atoms with Crippen molar-refractivity contribution in [3.63, 3.8) is 0 Å². The topological polar surface area (TPSA) is 37.3 Å². The van der Waals surface area contributed by atoms with Crippen LogP contribution in [0.2, 0.25) is 0 Å². The molecule has 120 valence electrons. The molecule has 22 heavy (non-hydrogen) atoms. The van der Waals surface area contributed by atoms with Gasteiger partial charge in [0, 0.05) is 6.08 Å². The summed E-state index contributed by atoms with van der Waals surface area (Å²) in [7, 11) is 0. The third kappa shape index (κ3) is 5.88. The Labute approximate surface area is 137 Å². The van der Waals surface area contributed by atoms with Crippen molar-refractivity contribution in [3.8, 4) is 0 Å². The van der Waals surface area contributed by atoms with E-state index in [-0.39, 0.29) is 23.1 Å². The summed E-state index contributed by atoms with van der Waals surface area (Å²) in [5.41, 5.74) is 4.07. The van der Waals surface area contributed by atoms with Gasteiger partial charge in [-0.25, -0.2) is 4.79 Å². The number of allylic oxidation sites excluding steroid dienone is 9. The molecule has 0 aromatic heterocycles. The molecule has 0 unspecified atom stereocenters. The number of rotatable bonds is 5. The molecule has 0 bridgehead atoms. The van der Waals surface area contributed by atoms with E-state index < -0.39 is 5.97 Å². The van der Waals surface area contributed by atoms with Crippen LogP contribution in [0.3, 0.4) is 0 Å². The first kappa shape index (κ1) is 15.1. The van der Waals surface area contributed by atoms with Crippen molar-refractivity contribution in [1.82, 2.24) is 0 Å². The molecule has 0 radical (unpaired) electrons. The lowest BCUT2D eigenvalue weighted by Crippen LogP contribution is -2.19. The molecule has 0 aliphatic heterocycles. The SMILES string of the molecule is [3H]C(/C=C(C)/C=C/C1=C(C)CCCC1(C)C)=C([3H])\C(C)=C/C(=O)O. The average Bonchev–Trinajstić information content (AvgIpc) is 2.44. The van der Waals surface area contributed by atoms with E-state index >= 15 is 0 Å². The maximum atomic E-state index is 10.7. The molecular formula is C20H28O2. The monoisotopic (exact) mass is 304 g/mol. The van der Waals surface area contributed by atoms with Crippen molar-refractivity contribution in [2.45, 2.75) is 53.9 Å². The first-order chi connectivity index (χ1) is 11.0. The highest BCUT2D eigenvalue weighted by Gasteiger charge is 2.26. The molecule has 0 fully saturated rings. The quantitative estimate of drug-likeness (QED) is 0.530. The molecule has 0 aromatic rings. The maximum absolute atomic E-state index is 10.7. The van der Waals surface area contributed by atoms with Gasteiger partial charge < -0.3 is 5.11 Å². The van der Waals surface area contributed by atoms with Crippen LogP contribution in [0, 0.1) is 5.41 Å². The van der Waals surface area contributed by atoms with Gasteiger partial charge in [-0.05, 0) is 56.6 Å². The predicted molar refractivity (Wildman–Crippen MR) is 93.8 cm³/mol. The Balaban J connectivity index is 3.04. The summed E-state index contributed by atoms with van der Waals surface area (Å²) in [6.45, 7) is 10.1. The van der Waals surface area contributed by atoms with E-state index in [1.807, 2.05) is 13.0 Å². The third-order valence-electron chi connectivity index (χ3n) is 3.96. The molecule has 0 atom stereocenters. The van der Waals surface area contributed by atoms with Crippen molar-refractivity contribution in [3.05, 3.63) is 58.7 Å². The zero-order valence-corrected chi connectivity index (χ0v) is 14.3. The van der Waals surface area contributed by atoms with E-state index in [2.05, 4.69) is 26.8 Å². The van der Waals surface area contributed by atoms with Gasteiger partial charge in [0.2, 0.25) is 0 Å². The van der Waals surface area contributed by atoms with Crippen LogP contribution in [0.5, 0.6) is 0 Å². The molecule has 0 saturated heterocycles. The summed E-state index contributed by atoms with van der Waals surface area (Å²) >= 11 is 0. The van der Waals surface area contributed by atoms with E-state index in [0.29, 0.717) is 0 Å². The van der Waals surface area contributed by atoms with Crippen LogP contribution in [0.4, 0.5) is 0 Å². The van der Waals surface area contributed by atoms with Gasteiger partial charge in [0.25, 0.3) is 0 Å². The fourth-order valence-corrected chi connectivity index (χ4v) is 2.76. The molecule has 1 aliphatic rings. The van der Waals surface area contributed by atoms with Crippen LogP contribution in [0.25, 0.3) is 0 Å². The minimum Gasteiger partial charge on any atom is -0.478 e. The smallest absolute Gasteiger partial charge is 0.328 e. The highest BCUT2D eigenvalue weighted by molar-refractivity contribution is 5.81. The second kappa shape index (κ2) is 7.98. The first-order valence-electron chi connectivity index (χ1n) is 8.70. The van der Waals surface area contributed by atoms with E-state index in [0.717, 1.165) is 18.1 Å². The van der Waals surface area contributed by atoms with Crippen LogP contribution < -0.4 is 0 Å². The summed E-state index contributed by atoms with van der Waals surface area (Å²) in [6.07, 6.45) is 10.2. The Kier molecular flexibility index (Phi) is 5.47. The lowest BCUT2D eigenvalue weighted by atomic mass is 9.72. The standard InChI is InChI=1S/C20H28O2/c1-15(8-6-9-16(2)14-19(21)22)11-12-18-17(3)10-7-13-20(18,4)5/h6,8-9,11-12,14H,7,10,13H2,1-5H3,(H,21,22)/b9-6+,12-11+,15-8+,16-14-/i6T,9T. The van der Waals surface area contributed by atoms with Gasteiger partial charge in [-0.3, -0.25) is 0 Å². The molecule has 1 N–H and O–H groups in total. The largest absolute Gasteiger partial charge is 0.478 e. The van der Waals surface area contributed by atoms with E-state index in [4.69, 9.17) is 7.85 Å². The maximum Gasteiger partial charge on any atom is 0.328 e. The number of carboxylic acid groups (broad SMARTS) is 1. The first-order valence-corrected chi connectivity index (χ1v) is 7.70. The lowest BCUT2D eigenvalue weighted by Gasteiger charge is -2.32. The molecule has 1 aliphatic carbocycles. The van der Waals surface area contributed by atoms with Crippen LogP contribution in [0.15, 0.2) is 58.7 Å². The third-order valence-corrected chi connectivity index (χ3v) is 3.96. The van der Waals surface area contributed by atoms with Crippen LogP contribution in [0.1, 0.15) is 56.6 Å². The molecule has 2 heteroatoms. The second-order valence-corrected chi connectivity index (χ2v) is 6.59. The van der Waals surface area contributed by atoms with Gasteiger partial charge in [0.15, 0.2) is 0 Å². The highest BCUT2D eigenvalue weighted by atomic mass is 16.4. The van der Waals surface area contributed by atoms with E-state index in [1.54, 1.807) is 6.08 Å². The molecular weight excluding hydrogens is 272 g/mol. The Hall–Kier alpha value is -1.83. The minimum atomic E-state index is -1.10. The zero-order chi connectivity index (χ0) is 18.5. The Morgan fingerprint density at radius 2 is 2.00 bits per heavy atom. The summed E-state index contributed by atoms with van der Waals surface area (Å²) in [5, 5.41) is 8.72. The van der Waals surface area contributed by atoms with Gasteiger partial charge in [-0.2, -0.15) is 0 Å². The van der Waals surface area contributed by atoms with Crippen molar-refractivity contribution >= 4 is 5.97 Å². The van der Waals surface area contributed by atoms with Gasteiger partial charge in [0.1, 0.15) is 0 Å². The normalized spacial score (nSPS) is 22.4. The summed E-state index contributed by atoms with van der Waals surface area (Å²) in [4.78, 5) is 10.7. The number of hydrogen-bond donors (Lipinski definition) is 1. The van der Waals surface area contributed by atoms with Crippen molar-refractivity contribution in [2.24, 2.45) is 5.41 Å². The van der Waals surface area contributed by atoms with Crippen LogP contribution in [-0.4, -0.2) is 11.1 Å². The van der Waals surface area contributed by atoms with Gasteiger partial charge in [-0.15, -0.1) is 0 Å². The van der Waals surface area contributed by atoms with Gasteiger partial charge in [0.05, 0.1) is 2.74 Å². The molecule has 0 amide bonds. The van der Waals surface area contributed by atoms with E-state index in [9.17, 15) is 4.79 Å². The summed E-state index contributed by atoms with van der Waals surface area (Å²) < 4.78 is 15.8. The molecule has 0 spiro atoms. The second-order valence-electron chi connectivity index (χ2n) is 6.59. The van der Waals surface area contributed by atoms with Crippen LogP contribution >= 0.6 is 0 Å². The summed E-state index contributed by atoms with van der Waals surface area (Å²) in [5.74, 6) is -1.10. The van der Waals surface area contributed by atoms with Crippen LogP contribution in [-0.2, 0) is 4.79 Å². The fraction of sp³-hybridized carbons (Fsp3) is 0.450. The predicted octanol–water partition coefficient (Wildman–Crippen LogP) is 5.60. The number of carboxylic acids is 1. The van der Waals surface area contributed by atoms with Crippen molar-refractivity contribution in [1.29, 1.82) is 0 Å². The van der Waals surface area contributed by atoms with Crippen molar-refractivity contribution in [2.75, 3.05) is 0 Å². The Morgan fingerprint density at radius 1 is 1.32 bits per heavy atom. The number of hydrogen-bond acceptors (Lipinski definition) is 1. The Bertz CT molecular complexity index is 659. The number of carbonyl (C=O) groups is 1. The fourth-order valence-electron chi connectivity index (χ4n) is 2.76. The number of aliphatic carboxylic acids is 1. The molecule has 1 rings (SSSR count). The zero-order valence-electron chi connectivity index (χ0n) is 16.3. The lowest BCUT2D eigenvalue weighted by molar-refractivity contribution is -0.131.